The average molecular weight is 452 g/mol. The van der Waals surface area contributed by atoms with Crippen LogP contribution in [0, 0.1) is 0 Å². The molecule has 2 aromatic rings. The Morgan fingerprint density at radius 3 is 2.52 bits per heavy atom. The molecule has 33 heavy (non-hydrogen) atoms. The van der Waals surface area contributed by atoms with Gasteiger partial charge in [-0.2, -0.15) is 0 Å². The van der Waals surface area contributed by atoms with Gasteiger partial charge in [-0.15, -0.1) is 0 Å². The van der Waals surface area contributed by atoms with E-state index in [1.54, 1.807) is 0 Å². The molecule has 1 aliphatic rings. The highest BCUT2D eigenvalue weighted by molar-refractivity contribution is 5.42. The Hall–Kier alpha value is -1.84. The van der Waals surface area contributed by atoms with Crippen molar-refractivity contribution in [3.8, 4) is 5.75 Å². The van der Waals surface area contributed by atoms with Gasteiger partial charge >= 0.3 is 0 Å². The zero-order chi connectivity index (χ0) is 23.7. The second-order valence-corrected chi connectivity index (χ2v) is 10.5. The summed E-state index contributed by atoms with van der Waals surface area (Å²) < 4.78 is 6.51. The van der Waals surface area contributed by atoms with E-state index < -0.39 is 0 Å². The molecule has 1 aliphatic heterocycles. The van der Waals surface area contributed by atoms with Crippen LogP contribution in [0.5, 0.6) is 5.75 Å². The van der Waals surface area contributed by atoms with Gasteiger partial charge in [-0.05, 0) is 54.8 Å². The summed E-state index contributed by atoms with van der Waals surface area (Å²) in [7, 11) is 0. The van der Waals surface area contributed by atoms with Crippen molar-refractivity contribution in [2.75, 3.05) is 13.1 Å². The second kappa shape index (κ2) is 12.6. The van der Waals surface area contributed by atoms with Crippen LogP contribution in [0.4, 0.5) is 0 Å². The van der Waals surface area contributed by atoms with E-state index >= 15 is 0 Å². The molecule has 3 nitrogen and oxygen atoms in total. The lowest BCUT2D eigenvalue weighted by Crippen LogP contribution is -2.39. The van der Waals surface area contributed by atoms with Crippen LogP contribution in [0.15, 0.2) is 48.5 Å². The Balaban J connectivity index is 1.88. The number of benzene rings is 2. The van der Waals surface area contributed by atoms with Crippen molar-refractivity contribution >= 4 is 0 Å². The minimum absolute atomic E-state index is 0.117. The molecule has 0 aliphatic carbocycles. The van der Waals surface area contributed by atoms with E-state index in [9.17, 15) is 5.11 Å². The molecule has 1 saturated heterocycles. The lowest BCUT2D eigenvalue weighted by Gasteiger charge is -2.39. The van der Waals surface area contributed by atoms with Crippen LogP contribution < -0.4 is 4.74 Å². The van der Waals surface area contributed by atoms with Crippen LogP contribution in [0.1, 0.15) is 102 Å². The van der Waals surface area contributed by atoms with E-state index in [1.165, 1.54) is 48.8 Å². The summed E-state index contributed by atoms with van der Waals surface area (Å²) in [4.78, 5) is 2.53. The van der Waals surface area contributed by atoms with Crippen molar-refractivity contribution < 1.29 is 9.84 Å². The average Bonchev–Trinajstić information content (AvgIpc) is 2.82. The van der Waals surface area contributed by atoms with E-state index in [2.05, 4.69) is 75.1 Å². The van der Waals surface area contributed by atoms with Crippen LogP contribution in [-0.2, 0) is 12.0 Å². The van der Waals surface area contributed by atoms with Crippen LogP contribution in [-0.4, -0.2) is 29.2 Å². The van der Waals surface area contributed by atoms with Crippen molar-refractivity contribution in [3.63, 3.8) is 0 Å². The molecule has 0 saturated carbocycles. The first-order valence-corrected chi connectivity index (χ1v) is 13.2. The van der Waals surface area contributed by atoms with Gasteiger partial charge in [0.25, 0.3) is 0 Å². The summed E-state index contributed by atoms with van der Waals surface area (Å²) in [6.45, 7) is 11.8. The van der Waals surface area contributed by atoms with Crippen LogP contribution in [0.25, 0.3) is 0 Å². The molecular weight excluding hydrogens is 406 g/mol. The Kier molecular flexibility index (Phi) is 9.82. The highest BCUT2D eigenvalue weighted by Crippen LogP contribution is 2.40. The molecule has 3 rings (SSSR count). The van der Waals surface area contributed by atoms with E-state index in [0.29, 0.717) is 6.61 Å². The molecule has 0 spiro atoms. The lowest BCUT2D eigenvalue weighted by atomic mass is 9.79. The SMILES string of the molecule is CCCCCCC(C)(C)c1ccc(C2CC(O)CCN2CCC)c(OCc2ccccc2)c1. The minimum atomic E-state index is -0.236. The number of piperidine rings is 1. The van der Waals surface area contributed by atoms with Gasteiger partial charge in [-0.3, -0.25) is 4.90 Å². The molecule has 182 valence electrons. The largest absolute Gasteiger partial charge is 0.489 e. The maximum atomic E-state index is 10.5. The van der Waals surface area contributed by atoms with Gasteiger partial charge in [-0.25, -0.2) is 0 Å². The molecule has 1 N–H and O–H groups in total. The monoisotopic (exact) mass is 451 g/mol. The number of aliphatic hydroxyl groups is 1. The van der Waals surface area contributed by atoms with Crippen molar-refractivity contribution in [3.05, 3.63) is 65.2 Å². The number of likely N-dealkylation sites (tertiary alicyclic amines) is 1. The third-order valence-electron chi connectivity index (χ3n) is 7.24. The fourth-order valence-corrected chi connectivity index (χ4v) is 5.10. The van der Waals surface area contributed by atoms with E-state index in [-0.39, 0.29) is 17.6 Å². The zero-order valence-corrected chi connectivity index (χ0v) is 21.4. The molecule has 1 fully saturated rings. The van der Waals surface area contributed by atoms with Crippen molar-refractivity contribution in [2.45, 2.75) is 103 Å². The fraction of sp³-hybridized carbons (Fsp3) is 0.600. The smallest absolute Gasteiger partial charge is 0.124 e. The number of hydrogen-bond donors (Lipinski definition) is 1. The molecule has 0 amide bonds. The van der Waals surface area contributed by atoms with E-state index in [1.807, 2.05) is 6.07 Å². The maximum absolute atomic E-state index is 10.5. The summed E-state index contributed by atoms with van der Waals surface area (Å²) in [6.07, 6.45) is 8.88. The first kappa shape index (κ1) is 25.8. The normalized spacial score (nSPS) is 19.5. The number of aliphatic hydroxyl groups excluding tert-OH is 1. The Morgan fingerprint density at radius 2 is 1.79 bits per heavy atom. The van der Waals surface area contributed by atoms with Gasteiger partial charge < -0.3 is 9.84 Å². The topological polar surface area (TPSA) is 32.7 Å². The number of hydrogen-bond acceptors (Lipinski definition) is 3. The summed E-state index contributed by atoms with van der Waals surface area (Å²) >= 11 is 0. The first-order valence-electron chi connectivity index (χ1n) is 13.2. The number of nitrogens with zero attached hydrogens (tertiary/aromatic N) is 1. The standard InChI is InChI=1S/C30H45NO2/c1-5-7-8-12-18-30(3,4)25-15-16-27(28-22-26(32)17-20-31(28)19-6-2)29(21-25)33-23-24-13-10-9-11-14-24/h9-11,13-16,21,26,28,32H,5-8,12,17-20,22-23H2,1-4H3. The predicted octanol–water partition coefficient (Wildman–Crippen LogP) is 7.42. The summed E-state index contributed by atoms with van der Waals surface area (Å²) in [5.74, 6) is 0.984. The number of rotatable bonds is 12. The Morgan fingerprint density at radius 1 is 1.00 bits per heavy atom. The van der Waals surface area contributed by atoms with Crippen LogP contribution in [0.2, 0.25) is 0 Å². The summed E-state index contributed by atoms with van der Waals surface area (Å²) in [5.41, 5.74) is 3.88. The van der Waals surface area contributed by atoms with E-state index in [4.69, 9.17) is 4.74 Å². The molecule has 2 aromatic carbocycles. The Bertz CT molecular complexity index is 832. The second-order valence-electron chi connectivity index (χ2n) is 10.5. The fourth-order valence-electron chi connectivity index (χ4n) is 5.10. The zero-order valence-electron chi connectivity index (χ0n) is 21.4. The summed E-state index contributed by atoms with van der Waals surface area (Å²) in [6, 6.07) is 17.5. The molecule has 0 aromatic heterocycles. The lowest BCUT2D eigenvalue weighted by molar-refractivity contribution is 0.0396. The predicted molar refractivity (Wildman–Crippen MR) is 139 cm³/mol. The molecule has 2 unspecified atom stereocenters. The molecule has 0 radical (unpaired) electrons. The molecule has 0 bridgehead atoms. The van der Waals surface area contributed by atoms with Gasteiger partial charge in [0, 0.05) is 18.2 Å². The number of unbranched alkanes of at least 4 members (excludes halogenated alkanes) is 3. The molecule has 2 atom stereocenters. The number of ether oxygens (including phenoxy) is 1. The molecule has 3 heteroatoms. The quantitative estimate of drug-likeness (QED) is 0.341. The van der Waals surface area contributed by atoms with Gasteiger partial charge in [0.05, 0.1) is 6.10 Å². The van der Waals surface area contributed by atoms with Gasteiger partial charge in [-0.1, -0.05) is 95.8 Å². The molecular formula is C30H45NO2. The van der Waals surface area contributed by atoms with Crippen LogP contribution >= 0.6 is 0 Å². The van der Waals surface area contributed by atoms with Gasteiger partial charge in [0.1, 0.15) is 12.4 Å². The first-order chi connectivity index (χ1) is 15.9. The highest BCUT2D eigenvalue weighted by atomic mass is 16.5. The molecule has 1 heterocycles. The van der Waals surface area contributed by atoms with Crippen LogP contribution in [0.3, 0.4) is 0 Å². The Labute approximate surface area is 202 Å². The van der Waals surface area contributed by atoms with Gasteiger partial charge in [0.15, 0.2) is 0 Å². The van der Waals surface area contributed by atoms with Gasteiger partial charge in [0.2, 0.25) is 0 Å². The van der Waals surface area contributed by atoms with Crippen molar-refractivity contribution in [1.29, 1.82) is 0 Å². The third kappa shape index (κ3) is 7.32. The highest BCUT2D eigenvalue weighted by Gasteiger charge is 2.31. The van der Waals surface area contributed by atoms with E-state index in [0.717, 1.165) is 38.1 Å². The summed E-state index contributed by atoms with van der Waals surface area (Å²) in [5, 5.41) is 10.5. The van der Waals surface area contributed by atoms with Crippen molar-refractivity contribution in [2.24, 2.45) is 0 Å². The van der Waals surface area contributed by atoms with Crippen molar-refractivity contribution in [1.82, 2.24) is 4.90 Å². The minimum Gasteiger partial charge on any atom is -0.489 e. The maximum Gasteiger partial charge on any atom is 0.124 e. The third-order valence-corrected chi connectivity index (χ3v) is 7.24.